The van der Waals surface area contributed by atoms with Gasteiger partial charge in [0.2, 0.25) is 10.0 Å². The smallest absolute Gasteiger partial charge is 0.243 e. The van der Waals surface area contributed by atoms with Crippen LogP contribution < -0.4 is 4.90 Å². The van der Waals surface area contributed by atoms with Crippen molar-refractivity contribution >= 4 is 15.8 Å². The van der Waals surface area contributed by atoms with Gasteiger partial charge in [-0.25, -0.2) is 13.4 Å². The van der Waals surface area contributed by atoms with E-state index in [0.717, 1.165) is 18.7 Å². The molecule has 5 nitrogen and oxygen atoms in total. The molecule has 1 aromatic carbocycles. The fraction of sp³-hybridized carbons (Fsp3) is 0.476. The fourth-order valence-corrected chi connectivity index (χ4v) is 4.85. The largest absolute Gasteiger partial charge is 0.354 e. The highest BCUT2D eigenvalue weighted by molar-refractivity contribution is 7.89. The van der Waals surface area contributed by atoms with Crippen molar-refractivity contribution in [3.8, 4) is 0 Å². The summed E-state index contributed by atoms with van der Waals surface area (Å²) in [5.74, 6) is 0.905. The van der Waals surface area contributed by atoms with Crippen LogP contribution in [0, 0.1) is 0 Å². The Bertz CT molecular complexity index is 799. The second-order valence-corrected chi connectivity index (χ2v) is 8.97. The number of unbranched alkanes of at least 4 members (excludes halogenated alkanes) is 3. The predicted molar refractivity (Wildman–Crippen MR) is 109 cm³/mol. The zero-order valence-electron chi connectivity index (χ0n) is 16.0. The van der Waals surface area contributed by atoms with Crippen LogP contribution in [-0.4, -0.2) is 43.9 Å². The summed E-state index contributed by atoms with van der Waals surface area (Å²) >= 11 is 0. The third-order valence-corrected chi connectivity index (χ3v) is 7.00. The van der Waals surface area contributed by atoms with Gasteiger partial charge in [-0.1, -0.05) is 44.4 Å². The van der Waals surface area contributed by atoms with Crippen LogP contribution in [0.5, 0.6) is 0 Å². The Labute approximate surface area is 163 Å². The highest BCUT2D eigenvalue weighted by Gasteiger charge is 2.28. The summed E-state index contributed by atoms with van der Waals surface area (Å²) in [6.07, 6.45) is 7.67. The Morgan fingerprint density at radius 2 is 1.67 bits per heavy atom. The molecule has 0 unspecified atom stereocenters. The zero-order valence-corrected chi connectivity index (χ0v) is 16.9. The first-order valence-electron chi connectivity index (χ1n) is 9.86. The lowest BCUT2D eigenvalue weighted by molar-refractivity contribution is 0.384. The van der Waals surface area contributed by atoms with Crippen molar-refractivity contribution in [2.45, 2.75) is 43.9 Å². The van der Waals surface area contributed by atoms with Gasteiger partial charge in [0.15, 0.2) is 0 Å². The predicted octanol–water partition coefficient (Wildman–Crippen LogP) is 3.72. The van der Waals surface area contributed by atoms with E-state index in [1.165, 1.54) is 24.8 Å². The number of anilines is 1. The molecule has 6 heteroatoms. The monoisotopic (exact) mass is 387 g/mol. The summed E-state index contributed by atoms with van der Waals surface area (Å²) in [4.78, 5) is 6.88. The third-order valence-electron chi connectivity index (χ3n) is 5.09. The summed E-state index contributed by atoms with van der Waals surface area (Å²) < 4.78 is 27.5. The molecule has 0 bridgehead atoms. The van der Waals surface area contributed by atoms with Crippen molar-refractivity contribution in [1.29, 1.82) is 0 Å². The van der Waals surface area contributed by atoms with E-state index in [9.17, 15) is 8.42 Å². The SMILES string of the molecule is CCCCCCc1ccc(S(=O)(=O)N2CCN(c3ccccn3)CC2)cc1. The first-order valence-corrected chi connectivity index (χ1v) is 11.3. The minimum atomic E-state index is -3.43. The van der Waals surface area contributed by atoms with Gasteiger partial charge in [-0.2, -0.15) is 4.31 Å². The van der Waals surface area contributed by atoms with Gasteiger partial charge in [-0.3, -0.25) is 0 Å². The molecular formula is C21H29N3O2S. The lowest BCUT2D eigenvalue weighted by Crippen LogP contribution is -2.48. The first kappa shape index (κ1) is 19.8. The van der Waals surface area contributed by atoms with Crippen LogP contribution in [0.3, 0.4) is 0 Å². The quantitative estimate of drug-likeness (QED) is 0.648. The van der Waals surface area contributed by atoms with Crippen molar-refractivity contribution in [2.24, 2.45) is 0 Å². The summed E-state index contributed by atoms with van der Waals surface area (Å²) in [5, 5.41) is 0. The molecule has 2 heterocycles. The summed E-state index contributed by atoms with van der Waals surface area (Å²) in [6, 6.07) is 13.2. The van der Waals surface area contributed by atoms with Gasteiger partial charge >= 0.3 is 0 Å². The number of pyridine rings is 1. The average Bonchev–Trinajstić information content (AvgIpc) is 2.72. The van der Waals surface area contributed by atoms with Crippen molar-refractivity contribution in [3.63, 3.8) is 0 Å². The average molecular weight is 388 g/mol. The highest BCUT2D eigenvalue weighted by atomic mass is 32.2. The molecule has 1 fully saturated rings. The number of sulfonamides is 1. The van der Waals surface area contributed by atoms with Crippen LogP contribution in [0.4, 0.5) is 5.82 Å². The molecule has 0 amide bonds. The van der Waals surface area contributed by atoms with Crippen molar-refractivity contribution in [3.05, 3.63) is 54.2 Å². The van der Waals surface area contributed by atoms with E-state index in [1.807, 2.05) is 30.3 Å². The standard InChI is InChI=1S/C21H29N3O2S/c1-2-3-4-5-8-19-10-12-20(13-11-19)27(25,26)24-17-15-23(16-18-24)21-9-6-7-14-22-21/h6-7,9-14H,2-5,8,15-18H2,1H3. The van der Waals surface area contributed by atoms with Gasteiger partial charge in [0.05, 0.1) is 4.90 Å². The summed E-state index contributed by atoms with van der Waals surface area (Å²) in [6.45, 7) is 4.49. The van der Waals surface area contributed by atoms with E-state index in [2.05, 4.69) is 16.8 Å². The number of hydrogen-bond donors (Lipinski definition) is 0. The van der Waals surface area contributed by atoms with Gasteiger partial charge in [0, 0.05) is 32.4 Å². The molecule has 2 aromatic rings. The second-order valence-electron chi connectivity index (χ2n) is 7.03. The maximum atomic E-state index is 12.9. The Morgan fingerprint density at radius 3 is 2.30 bits per heavy atom. The molecule has 0 spiro atoms. The Kier molecular flexibility index (Phi) is 6.85. The molecule has 0 N–H and O–H groups in total. The molecule has 3 rings (SSSR count). The minimum absolute atomic E-state index is 0.395. The number of benzene rings is 1. The number of aromatic nitrogens is 1. The maximum Gasteiger partial charge on any atom is 0.243 e. The van der Waals surface area contributed by atoms with Crippen LogP contribution in [0.1, 0.15) is 38.2 Å². The van der Waals surface area contributed by atoms with Gasteiger partial charge in [-0.05, 0) is 42.7 Å². The molecule has 0 atom stereocenters. The van der Waals surface area contributed by atoms with Crippen LogP contribution in [-0.2, 0) is 16.4 Å². The zero-order chi connectivity index (χ0) is 19.1. The lowest BCUT2D eigenvalue weighted by atomic mass is 10.1. The minimum Gasteiger partial charge on any atom is -0.354 e. The number of rotatable bonds is 8. The number of nitrogens with zero attached hydrogens (tertiary/aromatic N) is 3. The Morgan fingerprint density at radius 1 is 0.926 bits per heavy atom. The molecule has 0 saturated carbocycles. The molecule has 1 aliphatic rings. The van der Waals surface area contributed by atoms with E-state index in [4.69, 9.17) is 0 Å². The molecule has 146 valence electrons. The molecule has 0 aliphatic carbocycles. The maximum absolute atomic E-state index is 12.9. The molecular weight excluding hydrogens is 358 g/mol. The van der Waals surface area contributed by atoms with Crippen LogP contribution >= 0.6 is 0 Å². The van der Waals surface area contributed by atoms with Crippen LogP contribution in [0.2, 0.25) is 0 Å². The molecule has 0 radical (unpaired) electrons. The molecule has 1 saturated heterocycles. The van der Waals surface area contributed by atoms with Gasteiger partial charge in [0.1, 0.15) is 5.82 Å². The second kappa shape index (κ2) is 9.33. The van der Waals surface area contributed by atoms with E-state index < -0.39 is 10.0 Å². The normalized spacial score (nSPS) is 15.8. The van der Waals surface area contributed by atoms with E-state index >= 15 is 0 Å². The lowest BCUT2D eigenvalue weighted by Gasteiger charge is -2.34. The van der Waals surface area contributed by atoms with E-state index in [0.29, 0.717) is 31.1 Å². The van der Waals surface area contributed by atoms with Crippen molar-refractivity contribution < 1.29 is 8.42 Å². The Balaban J connectivity index is 1.58. The summed E-state index contributed by atoms with van der Waals surface area (Å²) in [5.41, 5.74) is 1.21. The molecule has 27 heavy (non-hydrogen) atoms. The molecule has 1 aliphatic heterocycles. The van der Waals surface area contributed by atoms with Crippen LogP contribution in [0.15, 0.2) is 53.6 Å². The fourth-order valence-electron chi connectivity index (χ4n) is 3.43. The Hall–Kier alpha value is -1.92. The molecule has 1 aromatic heterocycles. The van der Waals surface area contributed by atoms with Crippen LogP contribution in [0.25, 0.3) is 0 Å². The highest BCUT2D eigenvalue weighted by Crippen LogP contribution is 2.21. The third kappa shape index (κ3) is 5.08. The number of piperazine rings is 1. The number of hydrogen-bond acceptors (Lipinski definition) is 4. The first-order chi connectivity index (χ1) is 13.1. The van der Waals surface area contributed by atoms with Crippen molar-refractivity contribution in [1.82, 2.24) is 9.29 Å². The van der Waals surface area contributed by atoms with E-state index in [1.54, 1.807) is 22.6 Å². The topological polar surface area (TPSA) is 53.5 Å². The number of aryl methyl sites for hydroxylation is 1. The summed E-state index contributed by atoms with van der Waals surface area (Å²) in [7, 11) is -3.43. The van der Waals surface area contributed by atoms with Crippen molar-refractivity contribution in [2.75, 3.05) is 31.1 Å². The van der Waals surface area contributed by atoms with Gasteiger partial charge in [-0.15, -0.1) is 0 Å². The van der Waals surface area contributed by atoms with E-state index in [-0.39, 0.29) is 0 Å². The van der Waals surface area contributed by atoms with Gasteiger partial charge < -0.3 is 4.90 Å². The van der Waals surface area contributed by atoms with Gasteiger partial charge in [0.25, 0.3) is 0 Å².